The number of fused-ring (bicyclic) bond motifs is 1. The van der Waals surface area contributed by atoms with E-state index in [0.717, 1.165) is 15.7 Å². The minimum atomic E-state index is -3.18. The van der Waals surface area contributed by atoms with Gasteiger partial charge in [0.15, 0.2) is 9.84 Å². The van der Waals surface area contributed by atoms with E-state index in [1.54, 1.807) is 18.2 Å². The van der Waals surface area contributed by atoms with E-state index in [9.17, 15) is 8.42 Å². The van der Waals surface area contributed by atoms with Crippen LogP contribution in [-0.2, 0) is 9.84 Å². The molecule has 0 aliphatic heterocycles. The summed E-state index contributed by atoms with van der Waals surface area (Å²) in [5.74, 6) is 0. The predicted molar refractivity (Wildman–Crippen MR) is 64.3 cm³/mol. The molecule has 0 saturated heterocycles. The van der Waals surface area contributed by atoms with Crippen molar-refractivity contribution in [1.82, 2.24) is 0 Å². The van der Waals surface area contributed by atoms with Gasteiger partial charge in [-0.05, 0) is 17.5 Å². The molecular weight excluding hydrogens is 228 g/mol. The van der Waals surface area contributed by atoms with Crippen LogP contribution in [0.25, 0.3) is 10.8 Å². The summed E-state index contributed by atoms with van der Waals surface area (Å²) in [7, 11) is -3.18. The number of thiol groups is 1. The van der Waals surface area contributed by atoms with Crippen LogP contribution in [0.1, 0.15) is 0 Å². The molecule has 78 valence electrons. The van der Waals surface area contributed by atoms with E-state index in [2.05, 4.69) is 12.6 Å². The standard InChI is InChI=1S/C11H10O2S2/c1-15(12,13)11-7-6-10(14)8-4-2-3-5-9(8)11/h2-7,14H,1H3. The SMILES string of the molecule is CS(=O)(=O)c1ccc(S)c2ccccc12. The van der Waals surface area contributed by atoms with Crippen molar-refractivity contribution in [3.8, 4) is 0 Å². The first-order valence-corrected chi connectivity index (χ1v) is 6.75. The van der Waals surface area contributed by atoms with E-state index in [-0.39, 0.29) is 0 Å². The molecule has 15 heavy (non-hydrogen) atoms. The van der Waals surface area contributed by atoms with Crippen molar-refractivity contribution in [2.45, 2.75) is 9.79 Å². The van der Waals surface area contributed by atoms with Crippen molar-refractivity contribution < 1.29 is 8.42 Å². The average Bonchev–Trinajstić information content (AvgIpc) is 2.17. The second kappa shape index (κ2) is 3.54. The highest BCUT2D eigenvalue weighted by molar-refractivity contribution is 7.91. The van der Waals surface area contributed by atoms with Crippen molar-refractivity contribution in [3.63, 3.8) is 0 Å². The Balaban J connectivity index is 2.96. The molecule has 0 spiro atoms. The van der Waals surface area contributed by atoms with E-state index >= 15 is 0 Å². The third-order valence-corrected chi connectivity index (χ3v) is 3.81. The summed E-state index contributed by atoms with van der Waals surface area (Å²) in [6, 6.07) is 10.7. The molecule has 0 fully saturated rings. The zero-order chi connectivity index (χ0) is 11.1. The Labute approximate surface area is 94.3 Å². The average molecular weight is 238 g/mol. The summed E-state index contributed by atoms with van der Waals surface area (Å²) in [6.07, 6.45) is 1.22. The third kappa shape index (κ3) is 1.87. The molecule has 0 atom stereocenters. The monoisotopic (exact) mass is 238 g/mol. The molecule has 0 amide bonds. The van der Waals surface area contributed by atoms with Gasteiger partial charge >= 0.3 is 0 Å². The molecule has 0 heterocycles. The van der Waals surface area contributed by atoms with Crippen LogP contribution in [0.4, 0.5) is 0 Å². The molecule has 0 bridgehead atoms. The summed E-state index contributed by atoms with van der Waals surface area (Å²) in [6.45, 7) is 0. The minimum Gasteiger partial charge on any atom is -0.224 e. The molecule has 0 aromatic heterocycles. The van der Waals surface area contributed by atoms with Gasteiger partial charge in [-0.25, -0.2) is 8.42 Å². The minimum absolute atomic E-state index is 0.357. The van der Waals surface area contributed by atoms with Crippen LogP contribution in [0.2, 0.25) is 0 Å². The first-order chi connectivity index (χ1) is 7.00. The second-order valence-corrected chi connectivity index (χ2v) is 5.87. The van der Waals surface area contributed by atoms with E-state index < -0.39 is 9.84 Å². The van der Waals surface area contributed by atoms with Gasteiger partial charge in [0.1, 0.15) is 0 Å². The topological polar surface area (TPSA) is 34.1 Å². The maximum absolute atomic E-state index is 11.5. The molecule has 2 rings (SSSR count). The van der Waals surface area contributed by atoms with Crippen molar-refractivity contribution >= 4 is 33.2 Å². The maximum Gasteiger partial charge on any atom is 0.176 e. The predicted octanol–water partition coefficient (Wildman–Crippen LogP) is 2.53. The fourth-order valence-electron chi connectivity index (χ4n) is 1.58. The molecule has 0 saturated carbocycles. The Morgan fingerprint density at radius 3 is 2.20 bits per heavy atom. The molecule has 2 nitrogen and oxygen atoms in total. The van der Waals surface area contributed by atoms with Crippen molar-refractivity contribution in [2.75, 3.05) is 6.26 Å². The lowest BCUT2D eigenvalue weighted by Crippen LogP contribution is -1.98. The van der Waals surface area contributed by atoms with Crippen molar-refractivity contribution in [2.24, 2.45) is 0 Å². The van der Waals surface area contributed by atoms with Gasteiger partial charge in [-0.2, -0.15) is 0 Å². The van der Waals surface area contributed by atoms with Crippen LogP contribution in [0.5, 0.6) is 0 Å². The highest BCUT2D eigenvalue weighted by Crippen LogP contribution is 2.27. The number of sulfone groups is 1. The fraction of sp³-hybridized carbons (Fsp3) is 0.0909. The molecule has 4 heteroatoms. The highest BCUT2D eigenvalue weighted by Gasteiger charge is 2.12. The van der Waals surface area contributed by atoms with Crippen molar-refractivity contribution in [3.05, 3.63) is 36.4 Å². The summed E-state index contributed by atoms with van der Waals surface area (Å²) in [4.78, 5) is 1.15. The van der Waals surface area contributed by atoms with Gasteiger partial charge in [0.05, 0.1) is 4.90 Å². The quantitative estimate of drug-likeness (QED) is 0.775. The van der Waals surface area contributed by atoms with E-state index in [4.69, 9.17) is 0 Å². The second-order valence-electron chi connectivity index (χ2n) is 3.40. The highest BCUT2D eigenvalue weighted by atomic mass is 32.2. The normalized spacial score (nSPS) is 11.9. The Kier molecular flexibility index (Phi) is 2.48. The third-order valence-electron chi connectivity index (χ3n) is 2.26. The van der Waals surface area contributed by atoms with Gasteiger partial charge in [0.2, 0.25) is 0 Å². The Bertz CT molecular complexity index is 616. The maximum atomic E-state index is 11.5. The lowest BCUT2D eigenvalue weighted by Gasteiger charge is -2.06. The lowest BCUT2D eigenvalue weighted by atomic mass is 10.1. The largest absolute Gasteiger partial charge is 0.224 e. The van der Waals surface area contributed by atoms with Gasteiger partial charge in [0, 0.05) is 16.5 Å². The summed E-state index contributed by atoms with van der Waals surface area (Å²) < 4.78 is 23.1. The number of hydrogen-bond acceptors (Lipinski definition) is 3. The van der Waals surface area contributed by atoms with Crippen LogP contribution in [-0.4, -0.2) is 14.7 Å². The van der Waals surface area contributed by atoms with Gasteiger partial charge < -0.3 is 0 Å². The fourth-order valence-corrected chi connectivity index (χ4v) is 2.74. The van der Waals surface area contributed by atoms with E-state index in [0.29, 0.717) is 4.90 Å². The number of rotatable bonds is 1. The molecule has 2 aromatic rings. The zero-order valence-corrected chi connectivity index (χ0v) is 9.85. The Morgan fingerprint density at radius 1 is 1.00 bits per heavy atom. The smallest absolute Gasteiger partial charge is 0.176 e. The van der Waals surface area contributed by atoms with Crippen molar-refractivity contribution in [1.29, 1.82) is 0 Å². The van der Waals surface area contributed by atoms with Crippen LogP contribution in [0.15, 0.2) is 46.2 Å². The first kappa shape index (κ1) is 10.5. The number of hydrogen-bond donors (Lipinski definition) is 1. The Morgan fingerprint density at radius 2 is 1.60 bits per heavy atom. The van der Waals surface area contributed by atoms with E-state index in [1.807, 2.05) is 18.2 Å². The van der Waals surface area contributed by atoms with E-state index in [1.165, 1.54) is 6.26 Å². The van der Waals surface area contributed by atoms with Gasteiger partial charge in [-0.1, -0.05) is 24.3 Å². The first-order valence-electron chi connectivity index (χ1n) is 4.41. The van der Waals surface area contributed by atoms with Crippen LogP contribution in [0, 0.1) is 0 Å². The van der Waals surface area contributed by atoms with Gasteiger partial charge in [-0.15, -0.1) is 12.6 Å². The molecule has 0 N–H and O–H groups in total. The molecule has 2 aromatic carbocycles. The summed E-state index contributed by atoms with van der Waals surface area (Å²) in [5.41, 5.74) is 0. The van der Waals surface area contributed by atoms with Gasteiger partial charge in [-0.3, -0.25) is 0 Å². The molecular formula is C11H10O2S2. The van der Waals surface area contributed by atoms with Crippen LogP contribution < -0.4 is 0 Å². The Hall–Kier alpha value is -1.00. The zero-order valence-electron chi connectivity index (χ0n) is 8.14. The van der Waals surface area contributed by atoms with Crippen LogP contribution >= 0.6 is 12.6 Å². The van der Waals surface area contributed by atoms with Gasteiger partial charge in [0.25, 0.3) is 0 Å². The molecule has 0 aliphatic rings. The lowest BCUT2D eigenvalue weighted by molar-refractivity contribution is 0.602. The summed E-state index contributed by atoms with van der Waals surface area (Å²) >= 11 is 4.30. The number of benzene rings is 2. The summed E-state index contributed by atoms with van der Waals surface area (Å²) in [5, 5.41) is 1.59. The molecule has 0 unspecified atom stereocenters. The molecule has 0 aliphatic carbocycles. The molecule has 0 radical (unpaired) electrons. The van der Waals surface area contributed by atoms with Crippen LogP contribution in [0.3, 0.4) is 0 Å².